The molecule has 0 heterocycles. The van der Waals surface area contributed by atoms with E-state index in [1.54, 1.807) is 6.92 Å². The number of benzene rings is 1. The summed E-state index contributed by atoms with van der Waals surface area (Å²) in [5.41, 5.74) is 1.14. The quantitative estimate of drug-likeness (QED) is 0.690. The van der Waals surface area contributed by atoms with Crippen molar-refractivity contribution in [2.75, 3.05) is 6.54 Å². The van der Waals surface area contributed by atoms with E-state index in [9.17, 15) is 9.90 Å². The van der Waals surface area contributed by atoms with E-state index in [-0.39, 0.29) is 18.0 Å². The molecule has 1 aromatic carbocycles. The molecule has 1 rings (SSSR count). The molecule has 0 fully saturated rings. The van der Waals surface area contributed by atoms with Gasteiger partial charge in [-0.15, -0.1) is 0 Å². The molecule has 0 aromatic heterocycles. The van der Waals surface area contributed by atoms with Crippen LogP contribution in [0, 0.1) is 5.92 Å². The third-order valence-electron chi connectivity index (χ3n) is 4.26. The van der Waals surface area contributed by atoms with Gasteiger partial charge in [0.25, 0.3) is 0 Å². The van der Waals surface area contributed by atoms with Crippen LogP contribution in [0.1, 0.15) is 52.0 Å². The molecule has 0 aliphatic carbocycles. The summed E-state index contributed by atoms with van der Waals surface area (Å²) >= 11 is 0. The monoisotopic (exact) mass is 306 g/mol. The summed E-state index contributed by atoms with van der Waals surface area (Å²) in [6, 6.07) is 10.0. The van der Waals surface area contributed by atoms with Gasteiger partial charge in [-0.3, -0.25) is 0 Å². The van der Waals surface area contributed by atoms with Crippen LogP contribution >= 0.6 is 0 Å². The molecule has 22 heavy (non-hydrogen) atoms. The summed E-state index contributed by atoms with van der Waals surface area (Å²) in [6.45, 7) is 8.58. The molecule has 0 saturated heterocycles. The molecule has 1 aromatic rings. The molecule has 0 spiro atoms. The fourth-order valence-electron chi connectivity index (χ4n) is 2.44. The third kappa shape index (κ3) is 6.48. The van der Waals surface area contributed by atoms with Gasteiger partial charge in [0, 0.05) is 18.5 Å². The molecule has 124 valence electrons. The zero-order valence-corrected chi connectivity index (χ0v) is 14.2. The topological polar surface area (TPSA) is 61.4 Å². The van der Waals surface area contributed by atoms with E-state index in [0.29, 0.717) is 18.9 Å². The second-order valence-electron chi connectivity index (χ2n) is 6.22. The molecular weight excluding hydrogens is 276 g/mol. The lowest BCUT2D eigenvalue weighted by Gasteiger charge is -2.23. The minimum absolute atomic E-state index is 0.117. The summed E-state index contributed by atoms with van der Waals surface area (Å²) < 4.78 is 0. The van der Waals surface area contributed by atoms with Crippen molar-refractivity contribution in [2.45, 2.75) is 58.6 Å². The summed E-state index contributed by atoms with van der Waals surface area (Å²) in [4.78, 5) is 12.0. The van der Waals surface area contributed by atoms with Crippen molar-refractivity contribution in [3.05, 3.63) is 35.9 Å². The second-order valence-corrected chi connectivity index (χ2v) is 6.22. The van der Waals surface area contributed by atoms with Crippen molar-refractivity contribution in [1.29, 1.82) is 0 Å². The highest BCUT2D eigenvalue weighted by Gasteiger charge is 2.17. The lowest BCUT2D eigenvalue weighted by Crippen LogP contribution is -2.44. The van der Waals surface area contributed by atoms with Crippen LogP contribution < -0.4 is 10.6 Å². The maximum absolute atomic E-state index is 12.0. The number of nitrogens with one attached hydrogen (secondary N) is 2. The first-order valence-electron chi connectivity index (χ1n) is 8.21. The van der Waals surface area contributed by atoms with Gasteiger partial charge in [0.05, 0.1) is 6.10 Å². The Kier molecular flexibility index (Phi) is 7.96. The molecule has 0 saturated carbocycles. The van der Waals surface area contributed by atoms with E-state index < -0.39 is 6.10 Å². The molecule has 4 heteroatoms. The highest BCUT2D eigenvalue weighted by molar-refractivity contribution is 5.74. The van der Waals surface area contributed by atoms with Crippen molar-refractivity contribution >= 4 is 6.03 Å². The SMILES string of the molecule is CCC(C)C(C)NC(=O)NCC(CC(C)O)c1ccccc1. The summed E-state index contributed by atoms with van der Waals surface area (Å²) in [5, 5.41) is 15.6. The number of carbonyl (C=O) groups excluding carboxylic acids is 1. The van der Waals surface area contributed by atoms with Gasteiger partial charge in [0.15, 0.2) is 0 Å². The minimum atomic E-state index is -0.394. The molecule has 4 atom stereocenters. The van der Waals surface area contributed by atoms with Crippen LogP contribution in [-0.4, -0.2) is 29.8 Å². The van der Waals surface area contributed by atoms with Gasteiger partial charge in [-0.1, -0.05) is 50.6 Å². The number of aliphatic hydroxyl groups is 1. The van der Waals surface area contributed by atoms with Crippen molar-refractivity contribution in [3.63, 3.8) is 0 Å². The number of amides is 2. The number of hydrogen-bond acceptors (Lipinski definition) is 2. The van der Waals surface area contributed by atoms with Crippen LogP contribution in [0.25, 0.3) is 0 Å². The fourth-order valence-corrected chi connectivity index (χ4v) is 2.44. The Bertz CT molecular complexity index is 434. The van der Waals surface area contributed by atoms with Crippen LogP contribution in [0.3, 0.4) is 0 Å². The van der Waals surface area contributed by atoms with Gasteiger partial charge < -0.3 is 15.7 Å². The number of urea groups is 1. The number of hydrogen-bond donors (Lipinski definition) is 3. The lowest BCUT2D eigenvalue weighted by atomic mass is 9.93. The van der Waals surface area contributed by atoms with Gasteiger partial charge in [-0.05, 0) is 31.7 Å². The highest BCUT2D eigenvalue weighted by Crippen LogP contribution is 2.20. The molecule has 4 nitrogen and oxygen atoms in total. The molecule has 3 N–H and O–H groups in total. The predicted molar refractivity (Wildman–Crippen MR) is 90.9 cm³/mol. The zero-order chi connectivity index (χ0) is 16.5. The maximum atomic E-state index is 12.0. The van der Waals surface area contributed by atoms with E-state index in [2.05, 4.69) is 24.5 Å². The Morgan fingerprint density at radius 3 is 2.36 bits per heavy atom. The number of rotatable bonds is 8. The number of carbonyl (C=O) groups is 1. The average molecular weight is 306 g/mol. The first-order chi connectivity index (χ1) is 10.4. The van der Waals surface area contributed by atoms with Crippen molar-refractivity contribution in [1.82, 2.24) is 10.6 Å². The van der Waals surface area contributed by atoms with Gasteiger partial charge in [-0.25, -0.2) is 4.79 Å². The molecule has 0 radical (unpaired) electrons. The van der Waals surface area contributed by atoms with E-state index >= 15 is 0 Å². The Balaban J connectivity index is 2.55. The first-order valence-corrected chi connectivity index (χ1v) is 8.21. The van der Waals surface area contributed by atoms with E-state index in [0.717, 1.165) is 12.0 Å². The van der Waals surface area contributed by atoms with E-state index in [1.807, 2.05) is 37.3 Å². The second kappa shape index (κ2) is 9.46. The third-order valence-corrected chi connectivity index (χ3v) is 4.26. The molecular formula is C18H30N2O2. The molecule has 0 bridgehead atoms. The standard InChI is InChI=1S/C18H30N2O2/c1-5-13(2)15(4)20-18(22)19-12-17(11-14(3)21)16-9-7-6-8-10-16/h6-10,13-15,17,21H,5,11-12H2,1-4H3,(H2,19,20,22). The highest BCUT2D eigenvalue weighted by atomic mass is 16.3. The Labute approximate surface area is 134 Å². The fraction of sp³-hybridized carbons (Fsp3) is 0.611. The van der Waals surface area contributed by atoms with Gasteiger partial charge in [-0.2, -0.15) is 0 Å². The molecule has 0 aliphatic rings. The van der Waals surface area contributed by atoms with Crippen molar-refractivity contribution in [2.24, 2.45) is 5.92 Å². The Morgan fingerprint density at radius 1 is 1.18 bits per heavy atom. The molecule has 4 unspecified atom stereocenters. The zero-order valence-electron chi connectivity index (χ0n) is 14.2. The Morgan fingerprint density at radius 2 is 1.82 bits per heavy atom. The molecule has 2 amide bonds. The Hall–Kier alpha value is -1.55. The smallest absolute Gasteiger partial charge is 0.315 e. The van der Waals surface area contributed by atoms with Crippen LogP contribution in [0.5, 0.6) is 0 Å². The van der Waals surface area contributed by atoms with Crippen LogP contribution in [0.4, 0.5) is 4.79 Å². The van der Waals surface area contributed by atoms with Crippen LogP contribution in [-0.2, 0) is 0 Å². The summed E-state index contributed by atoms with van der Waals surface area (Å²) in [6.07, 6.45) is 1.27. The normalized spacial score (nSPS) is 16.4. The average Bonchev–Trinajstić information content (AvgIpc) is 2.51. The van der Waals surface area contributed by atoms with Crippen molar-refractivity contribution in [3.8, 4) is 0 Å². The summed E-state index contributed by atoms with van der Waals surface area (Å²) in [5.74, 6) is 0.569. The lowest BCUT2D eigenvalue weighted by molar-refractivity contribution is 0.173. The number of aliphatic hydroxyl groups excluding tert-OH is 1. The van der Waals surface area contributed by atoms with Crippen molar-refractivity contribution < 1.29 is 9.90 Å². The minimum Gasteiger partial charge on any atom is -0.393 e. The molecule has 0 aliphatic heterocycles. The van der Waals surface area contributed by atoms with Gasteiger partial charge in [0.1, 0.15) is 0 Å². The van der Waals surface area contributed by atoms with Gasteiger partial charge >= 0.3 is 6.03 Å². The predicted octanol–water partition coefficient (Wildman–Crippen LogP) is 3.27. The first kappa shape index (κ1) is 18.5. The van der Waals surface area contributed by atoms with Crippen LogP contribution in [0.2, 0.25) is 0 Å². The van der Waals surface area contributed by atoms with Crippen LogP contribution in [0.15, 0.2) is 30.3 Å². The maximum Gasteiger partial charge on any atom is 0.315 e. The largest absolute Gasteiger partial charge is 0.393 e. The van der Waals surface area contributed by atoms with E-state index in [1.165, 1.54) is 0 Å². The van der Waals surface area contributed by atoms with Gasteiger partial charge in [0.2, 0.25) is 0 Å². The van der Waals surface area contributed by atoms with E-state index in [4.69, 9.17) is 0 Å². The summed E-state index contributed by atoms with van der Waals surface area (Å²) in [7, 11) is 0.